The standard InChI is InChI=1S/C13H16FN3O/c1-9-6-11(17(2)16-9)8-15-10-4-5-12(14)13(7-10)18-3/h4-7,15H,8H2,1-3H3. The third-order valence-corrected chi connectivity index (χ3v) is 2.72. The zero-order valence-corrected chi connectivity index (χ0v) is 10.7. The van der Waals surface area contributed by atoms with Crippen molar-refractivity contribution in [2.24, 2.45) is 7.05 Å². The van der Waals surface area contributed by atoms with Crippen LogP contribution in [0.3, 0.4) is 0 Å². The number of ether oxygens (including phenoxy) is 1. The highest BCUT2D eigenvalue weighted by Crippen LogP contribution is 2.21. The second-order valence-electron chi connectivity index (χ2n) is 4.10. The van der Waals surface area contributed by atoms with Crippen molar-refractivity contribution in [2.45, 2.75) is 13.5 Å². The van der Waals surface area contributed by atoms with E-state index in [0.29, 0.717) is 6.54 Å². The van der Waals surface area contributed by atoms with Gasteiger partial charge in [0, 0.05) is 18.8 Å². The van der Waals surface area contributed by atoms with Gasteiger partial charge in [-0.1, -0.05) is 0 Å². The van der Waals surface area contributed by atoms with Gasteiger partial charge in [-0.25, -0.2) is 4.39 Å². The highest BCUT2D eigenvalue weighted by molar-refractivity contribution is 5.49. The van der Waals surface area contributed by atoms with Gasteiger partial charge in [-0.2, -0.15) is 5.10 Å². The number of hydrogen-bond acceptors (Lipinski definition) is 3. The molecule has 4 nitrogen and oxygen atoms in total. The molecule has 0 aliphatic heterocycles. The van der Waals surface area contributed by atoms with E-state index in [1.165, 1.54) is 13.2 Å². The summed E-state index contributed by atoms with van der Waals surface area (Å²) in [5, 5.41) is 7.47. The molecule has 1 aromatic carbocycles. The zero-order valence-electron chi connectivity index (χ0n) is 10.7. The van der Waals surface area contributed by atoms with Gasteiger partial charge >= 0.3 is 0 Å². The fourth-order valence-corrected chi connectivity index (χ4v) is 1.79. The van der Waals surface area contributed by atoms with E-state index in [4.69, 9.17) is 4.74 Å². The zero-order chi connectivity index (χ0) is 13.1. The van der Waals surface area contributed by atoms with E-state index >= 15 is 0 Å². The van der Waals surface area contributed by atoms with Crippen LogP contribution < -0.4 is 10.1 Å². The van der Waals surface area contributed by atoms with Crippen LogP contribution in [-0.2, 0) is 13.6 Å². The topological polar surface area (TPSA) is 39.1 Å². The summed E-state index contributed by atoms with van der Waals surface area (Å²) in [4.78, 5) is 0. The molecule has 2 rings (SSSR count). The summed E-state index contributed by atoms with van der Waals surface area (Å²) in [6.07, 6.45) is 0. The van der Waals surface area contributed by atoms with Crippen LogP contribution in [-0.4, -0.2) is 16.9 Å². The average Bonchev–Trinajstić information content (AvgIpc) is 2.67. The Hall–Kier alpha value is -2.04. The van der Waals surface area contributed by atoms with E-state index in [0.717, 1.165) is 17.1 Å². The number of hydrogen-bond donors (Lipinski definition) is 1. The van der Waals surface area contributed by atoms with Gasteiger partial charge in [0.15, 0.2) is 11.6 Å². The summed E-state index contributed by atoms with van der Waals surface area (Å²) in [6.45, 7) is 2.58. The first-order chi connectivity index (χ1) is 8.60. The third kappa shape index (κ3) is 2.61. The number of benzene rings is 1. The third-order valence-electron chi connectivity index (χ3n) is 2.72. The molecule has 0 bridgehead atoms. The molecule has 1 N–H and O–H groups in total. The fourth-order valence-electron chi connectivity index (χ4n) is 1.79. The Morgan fingerprint density at radius 2 is 2.17 bits per heavy atom. The van der Waals surface area contributed by atoms with Crippen LogP contribution in [0.15, 0.2) is 24.3 Å². The molecule has 1 heterocycles. The maximum Gasteiger partial charge on any atom is 0.165 e. The number of halogens is 1. The van der Waals surface area contributed by atoms with Crippen LogP contribution >= 0.6 is 0 Å². The van der Waals surface area contributed by atoms with Gasteiger partial charge in [0.25, 0.3) is 0 Å². The molecule has 1 aromatic heterocycles. The van der Waals surface area contributed by atoms with E-state index in [1.54, 1.807) is 12.1 Å². The van der Waals surface area contributed by atoms with Gasteiger partial charge in [-0.3, -0.25) is 4.68 Å². The minimum atomic E-state index is -0.362. The molecule has 0 saturated carbocycles. The van der Waals surface area contributed by atoms with Crippen molar-refractivity contribution in [3.63, 3.8) is 0 Å². The van der Waals surface area contributed by atoms with Crippen LogP contribution in [0.5, 0.6) is 5.75 Å². The largest absolute Gasteiger partial charge is 0.494 e. The van der Waals surface area contributed by atoms with Crippen LogP contribution in [0, 0.1) is 12.7 Å². The predicted octanol–water partition coefficient (Wildman–Crippen LogP) is 2.49. The second kappa shape index (κ2) is 5.08. The summed E-state index contributed by atoms with van der Waals surface area (Å²) in [7, 11) is 3.35. The van der Waals surface area contributed by atoms with Gasteiger partial charge in [0.05, 0.1) is 25.0 Å². The number of aromatic nitrogens is 2. The first-order valence-corrected chi connectivity index (χ1v) is 5.67. The van der Waals surface area contributed by atoms with E-state index in [1.807, 2.05) is 24.7 Å². The molecule has 18 heavy (non-hydrogen) atoms. The Morgan fingerprint density at radius 3 is 2.78 bits per heavy atom. The van der Waals surface area contributed by atoms with Crippen molar-refractivity contribution in [2.75, 3.05) is 12.4 Å². The number of methoxy groups -OCH3 is 1. The summed E-state index contributed by atoms with van der Waals surface area (Å²) >= 11 is 0. The molecule has 0 spiro atoms. The quantitative estimate of drug-likeness (QED) is 0.904. The van der Waals surface area contributed by atoms with E-state index < -0.39 is 0 Å². The molecule has 0 aliphatic carbocycles. The lowest BCUT2D eigenvalue weighted by Crippen LogP contribution is -2.05. The minimum absolute atomic E-state index is 0.237. The van der Waals surface area contributed by atoms with Crippen molar-refractivity contribution in [3.05, 3.63) is 41.5 Å². The molecule has 2 aromatic rings. The summed E-state index contributed by atoms with van der Waals surface area (Å²) < 4.78 is 20.0. The average molecular weight is 249 g/mol. The predicted molar refractivity (Wildman–Crippen MR) is 68.2 cm³/mol. The van der Waals surface area contributed by atoms with Crippen LogP contribution in [0.25, 0.3) is 0 Å². The number of anilines is 1. The van der Waals surface area contributed by atoms with Crippen molar-refractivity contribution in [1.29, 1.82) is 0 Å². The van der Waals surface area contributed by atoms with E-state index in [-0.39, 0.29) is 11.6 Å². The molecule has 96 valence electrons. The molecule has 5 heteroatoms. The lowest BCUT2D eigenvalue weighted by molar-refractivity contribution is 0.387. The first-order valence-electron chi connectivity index (χ1n) is 5.67. The van der Waals surface area contributed by atoms with Crippen molar-refractivity contribution >= 4 is 5.69 Å². The first kappa shape index (κ1) is 12.4. The SMILES string of the molecule is COc1cc(NCc2cc(C)nn2C)ccc1F. The van der Waals surface area contributed by atoms with Gasteiger partial charge in [-0.15, -0.1) is 0 Å². The Kier molecular flexibility index (Phi) is 3.50. The summed E-state index contributed by atoms with van der Waals surface area (Å²) in [5.41, 5.74) is 2.86. The van der Waals surface area contributed by atoms with Crippen molar-refractivity contribution in [3.8, 4) is 5.75 Å². The maximum absolute atomic E-state index is 13.2. The van der Waals surface area contributed by atoms with Crippen LogP contribution in [0.2, 0.25) is 0 Å². The van der Waals surface area contributed by atoms with Gasteiger partial charge in [-0.05, 0) is 25.1 Å². The maximum atomic E-state index is 13.2. The van der Waals surface area contributed by atoms with E-state index in [2.05, 4.69) is 10.4 Å². The van der Waals surface area contributed by atoms with Gasteiger partial charge in [0.1, 0.15) is 0 Å². The van der Waals surface area contributed by atoms with Gasteiger partial charge < -0.3 is 10.1 Å². The lowest BCUT2D eigenvalue weighted by Gasteiger charge is -2.08. The molecule has 0 unspecified atom stereocenters. The smallest absolute Gasteiger partial charge is 0.165 e. The Balaban J connectivity index is 2.08. The minimum Gasteiger partial charge on any atom is -0.494 e. The highest BCUT2D eigenvalue weighted by atomic mass is 19.1. The lowest BCUT2D eigenvalue weighted by atomic mass is 10.2. The molecule has 0 radical (unpaired) electrons. The van der Waals surface area contributed by atoms with Gasteiger partial charge in [0.2, 0.25) is 0 Å². The number of nitrogens with zero attached hydrogens (tertiary/aromatic N) is 2. The molecular weight excluding hydrogens is 233 g/mol. The Morgan fingerprint density at radius 1 is 1.39 bits per heavy atom. The molecular formula is C13H16FN3O. The number of aryl methyl sites for hydroxylation is 2. The van der Waals surface area contributed by atoms with Crippen LogP contribution in [0.1, 0.15) is 11.4 Å². The van der Waals surface area contributed by atoms with Crippen molar-refractivity contribution in [1.82, 2.24) is 9.78 Å². The molecule has 0 amide bonds. The van der Waals surface area contributed by atoms with E-state index in [9.17, 15) is 4.39 Å². The Labute approximate surface area is 105 Å². The molecule has 0 aliphatic rings. The normalized spacial score (nSPS) is 10.4. The number of nitrogens with one attached hydrogen (secondary N) is 1. The fraction of sp³-hybridized carbons (Fsp3) is 0.308. The van der Waals surface area contributed by atoms with Crippen LogP contribution in [0.4, 0.5) is 10.1 Å². The second-order valence-corrected chi connectivity index (χ2v) is 4.10. The summed E-state index contributed by atoms with van der Waals surface area (Å²) in [6, 6.07) is 6.71. The molecule has 0 saturated heterocycles. The molecule has 0 atom stereocenters. The van der Waals surface area contributed by atoms with Crippen molar-refractivity contribution < 1.29 is 9.13 Å². The summed E-state index contributed by atoms with van der Waals surface area (Å²) in [5.74, 6) is -0.124. The highest BCUT2D eigenvalue weighted by Gasteiger charge is 2.05. The monoisotopic (exact) mass is 249 g/mol. The molecule has 0 fully saturated rings. The number of rotatable bonds is 4. The Bertz CT molecular complexity index is 551.